The van der Waals surface area contributed by atoms with Crippen LogP contribution >= 0.6 is 0 Å². The van der Waals surface area contributed by atoms with Gasteiger partial charge in [0, 0.05) is 13.7 Å². The molecule has 0 aliphatic carbocycles. The predicted molar refractivity (Wildman–Crippen MR) is 47.5 cm³/mol. The molecule has 12 heavy (non-hydrogen) atoms. The minimum Gasteiger partial charge on any atom is -0.375 e. The van der Waals surface area contributed by atoms with Crippen molar-refractivity contribution in [2.45, 2.75) is 32.8 Å². The Kier molecular flexibility index (Phi) is 4.85. The summed E-state index contributed by atoms with van der Waals surface area (Å²) in [6.45, 7) is 6.33. The lowest BCUT2D eigenvalue weighted by Crippen LogP contribution is -2.39. The Bertz CT molecular complexity index is 146. The average molecular weight is 174 g/mol. The second kappa shape index (κ2) is 5.11. The van der Waals surface area contributed by atoms with Crippen molar-refractivity contribution in [2.75, 3.05) is 13.7 Å². The van der Waals surface area contributed by atoms with E-state index in [1.54, 1.807) is 7.05 Å². The van der Waals surface area contributed by atoms with Crippen molar-refractivity contribution in [3.63, 3.8) is 0 Å². The molecule has 0 radical (unpaired) electrons. The normalized spacial score (nSPS) is 11.3. The smallest absolute Gasteiger partial charge is 0.236 e. The number of hydrogen-bond acceptors (Lipinski definition) is 3. The van der Waals surface area contributed by atoms with Gasteiger partial charge in [-0.2, -0.15) is 0 Å². The Balaban J connectivity index is 3.79. The fraction of sp³-hybridized carbons (Fsp3) is 0.875. The number of rotatable bonds is 5. The summed E-state index contributed by atoms with van der Waals surface area (Å²) in [5.41, 5.74) is 4.69. The number of carbonyl (C=O) groups excluding carboxylic acids is 1. The van der Waals surface area contributed by atoms with Crippen molar-refractivity contribution in [2.24, 2.45) is 0 Å². The molecule has 72 valence electrons. The molecule has 0 spiro atoms. The molecule has 4 nitrogen and oxygen atoms in total. The molecule has 0 aromatic rings. The molecule has 0 saturated carbocycles. The summed E-state index contributed by atoms with van der Waals surface area (Å²) in [7, 11) is 1.66. The van der Waals surface area contributed by atoms with Gasteiger partial charge in [-0.3, -0.25) is 10.2 Å². The first kappa shape index (κ1) is 11.4. The van der Waals surface area contributed by atoms with Gasteiger partial charge in [-0.25, -0.2) is 5.43 Å². The van der Waals surface area contributed by atoms with Crippen LogP contribution in [0.15, 0.2) is 0 Å². The predicted octanol–water partition coefficient (Wildman–Crippen LogP) is 0.442. The summed E-state index contributed by atoms with van der Waals surface area (Å²) in [5.74, 6) is -0.0593. The molecule has 0 unspecified atom stereocenters. The third-order valence-corrected chi connectivity index (χ3v) is 1.39. The number of nitrogens with one attached hydrogen (secondary N) is 2. The monoisotopic (exact) mass is 174 g/mol. The molecule has 0 bridgehead atoms. The van der Waals surface area contributed by atoms with E-state index in [1.165, 1.54) is 0 Å². The lowest BCUT2D eigenvalue weighted by Gasteiger charge is -2.23. The highest BCUT2D eigenvalue weighted by Crippen LogP contribution is 2.13. The molecule has 2 N–H and O–H groups in total. The number of ether oxygens (including phenoxy) is 1. The zero-order valence-corrected chi connectivity index (χ0v) is 8.23. The molecule has 0 fully saturated rings. The zero-order chi connectivity index (χ0) is 9.61. The molecule has 1 amide bonds. The lowest BCUT2D eigenvalue weighted by molar-refractivity contribution is -0.128. The third-order valence-electron chi connectivity index (χ3n) is 1.39. The fourth-order valence-electron chi connectivity index (χ4n) is 1.01. The zero-order valence-electron chi connectivity index (χ0n) is 8.23. The second-order valence-corrected chi connectivity index (χ2v) is 3.17. The molecule has 0 aliphatic heterocycles. The second-order valence-electron chi connectivity index (χ2n) is 3.17. The van der Waals surface area contributed by atoms with E-state index < -0.39 is 0 Å². The molecule has 0 atom stereocenters. The summed E-state index contributed by atoms with van der Waals surface area (Å²) < 4.78 is 5.36. The Hall–Kier alpha value is -0.610. The van der Waals surface area contributed by atoms with Crippen LogP contribution in [-0.2, 0) is 9.53 Å². The first-order valence-corrected chi connectivity index (χ1v) is 4.11. The molecular weight excluding hydrogens is 156 g/mol. The van der Waals surface area contributed by atoms with Gasteiger partial charge < -0.3 is 4.74 Å². The van der Waals surface area contributed by atoms with E-state index in [1.807, 2.05) is 20.8 Å². The summed E-state index contributed by atoms with van der Waals surface area (Å²) in [5, 5.41) is 0. The van der Waals surface area contributed by atoms with Crippen molar-refractivity contribution in [3.8, 4) is 0 Å². The lowest BCUT2D eigenvalue weighted by atomic mass is 10.1. The highest BCUT2D eigenvalue weighted by atomic mass is 16.5. The van der Waals surface area contributed by atoms with E-state index in [9.17, 15) is 4.79 Å². The van der Waals surface area contributed by atoms with Gasteiger partial charge in [-0.05, 0) is 20.8 Å². The molecule has 4 heteroatoms. The summed E-state index contributed by atoms with van der Waals surface area (Å²) in [4.78, 5) is 11.1. The van der Waals surface area contributed by atoms with Gasteiger partial charge in [0.05, 0.1) is 12.0 Å². The fourth-order valence-corrected chi connectivity index (χ4v) is 1.01. The minimum absolute atomic E-state index is 0.0593. The Morgan fingerprint density at radius 1 is 1.50 bits per heavy atom. The molecule has 0 aliphatic rings. The largest absolute Gasteiger partial charge is 0.375 e. The number of hydrazine groups is 1. The Morgan fingerprint density at radius 3 is 2.50 bits per heavy atom. The first-order chi connectivity index (χ1) is 5.52. The maximum absolute atomic E-state index is 11.1. The van der Waals surface area contributed by atoms with Crippen LogP contribution in [0.1, 0.15) is 27.2 Å². The molecule has 0 saturated heterocycles. The summed E-state index contributed by atoms with van der Waals surface area (Å²) in [6, 6.07) is 0. The number of amides is 1. The third kappa shape index (κ3) is 5.09. The van der Waals surface area contributed by atoms with Crippen molar-refractivity contribution < 1.29 is 9.53 Å². The van der Waals surface area contributed by atoms with Gasteiger partial charge in [0.25, 0.3) is 0 Å². The molecule has 0 rings (SSSR count). The quantitative estimate of drug-likeness (QED) is 0.595. The SMILES string of the molecule is CCOC(C)(C)CC(=O)NNC. The summed E-state index contributed by atoms with van der Waals surface area (Å²) >= 11 is 0. The van der Waals surface area contributed by atoms with Gasteiger partial charge in [-0.15, -0.1) is 0 Å². The van der Waals surface area contributed by atoms with E-state index in [2.05, 4.69) is 10.9 Å². The van der Waals surface area contributed by atoms with E-state index in [0.29, 0.717) is 13.0 Å². The van der Waals surface area contributed by atoms with Crippen molar-refractivity contribution in [1.29, 1.82) is 0 Å². The highest BCUT2D eigenvalue weighted by molar-refractivity contribution is 5.76. The van der Waals surface area contributed by atoms with Gasteiger partial charge in [0.1, 0.15) is 0 Å². The maximum atomic E-state index is 11.1. The average Bonchev–Trinajstić information content (AvgIpc) is 1.85. The van der Waals surface area contributed by atoms with Crippen LogP contribution in [0.5, 0.6) is 0 Å². The topological polar surface area (TPSA) is 50.4 Å². The van der Waals surface area contributed by atoms with Gasteiger partial charge in [-0.1, -0.05) is 0 Å². The van der Waals surface area contributed by atoms with E-state index >= 15 is 0 Å². The van der Waals surface area contributed by atoms with Gasteiger partial charge >= 0.3 is 0 Å². The first-order valence-electron chi connectivity index (χ1n) is 4.11. The van der Waals surface area contributed by atoms with Crippen molar-refractivity contribution >= 4 is 5.91 Å². The molecule has 0 aromatic carbocycles. The van der Waals surface area contributed by atoms with Crippen LogP contribution in [0.3, 0.4) is 0 Å². The van der Waals surface area contributed by atoms with Gasteiger partial charge in [0.2, 0.25) is 5.91 Å². The van der Waals surface area contributed by atoms with Crippen LogP contribution in [0.25, 0.3) is 0 Å². The standard InChI is InChI=1S/C8H18N2O2/c1-5-12-8(2,3)6-7(11)10-9-4/h9H,5-6H2,1-4H3,(H,10,11). The minimum atomic E-state index is -0.379. The van der Waals surface area contributed by atoms with Crippen LogP contribution in [-0.4, -0.2) is 25.2 Å². The van der Waals surface area contributed by atoms with Crippen molar-refractivity contribution in [1.82, 2.24) is 10.9 Å². The van der Waals surface area contributed by atoms with E-state index in [0.717, 1.165) is 0 Å². The van der Waals surface area contributed by atoms with Crippen LogP contribution < -0.4 is 10.9 Å². The van der Waals surface area contributed by atoms with Crippen LogP contribution in [0.4, 0.5) is 0 Å². The molecule has 0 heterocycles. The van der Waals surface area contributed by atoms with E-state index in [4.69, 9.17) is 4.74 Å². The summed E-state index contributed by atoms with van der Waals surface area (Å²) in [6.07, 6.45) is 0.363. The maximum Gasteiger partial charge on any atom is 0.236 e. The van der Waals surface area contributed by atoms with Gasteiger partial charge in [0.15, 0.2) is 0 Å². The van der Waals surface area contributed by atoms with Crippen LogP contribution in [0, 0.1) is 0 Å². The van der Waals surface area contributed by atoms with Crippen LogP contribution in [0.2, 0.25) is 0 Å². The van der Waals surface area contributed by atoms with E-state index in [-0.39, 0.29) is 11.5 Å². The Labute approximate surface area is 73.6 Å². The highest BCUT2D eigenvalue weighted by Gasteiger charge is 2.21. The number of hydrogen-bond donors (Lipinski definition) is 2. The molecular formula is C8H18N2O2. The Morgan fingerprint density at radius 2 is 2.08 bits per heavy atom. The molecule has 0 aromatic heterocycles. The van der Waals surface area contributed by atoms with Crippen molar-refractivity contribution in [3.05, 3.63) is 0 Å². The number of carbonyl (C=O) groups is 1.